The van der Waals surface area contributed by atoms with E-state index in [4.69, 9.17) is 5.26 Å². The van der Waals surface area contributed by atoms with Crippen LogP contribution in [0.5, 0.6) is 0 Å². The summed E-state index contributed by atoms with van der Waals surface area (Å²) in [5.74, 6) is 0. The van der Waals surface area contributed by atoms with E-state index < -0.39 is 0 Å². The lowest BCUT2D eigenvalue weighted by Gasteiger charge is -2.05. The summed E-state index contributed by atoms with van der Waals surface area (Å²) in [6.45, 7) is 0. The Bertz CT molecular complexity index is 813. The zero-order valence-electron chi connectivity index (χ0n) is 10.2. The van der Waals surface area contributed by atoms with Crippen molar-refractivity contribution in [1.29, 1.82) is 5.26 Å². The van der Waals surface area contributed by atoms with Crippen LogP contribution in [0.25, 0.3) is 10.1 Å². The third kappa shape index (κ3) is 2.64. The van der Waals surface area contributed by atoms with Gasteiger partial charge in [0, 0.05) is 10.4 Å². The number of carbonyl (C=O) groups excluding carboxylic acids is 1. The summed E-state index contributed by atoms with van der Waals surface area (Å²) in [6, 6.07) is 12.9. The minimum atomic E-state index is -0.314. The molecule has 2 aromatic heterocycles. The Balaban J connectivity index is 1.70. The van der Waals surface area contributed by atoms with Crippen molar-refractivity contribution in [2.24, 2.45) is 0 Å². The van der Waals surface area contributed by atoms with Gasteiger partial charge >= 0.3 is 6.03 Å². The minimum Gasteiger partial charge on any atom is -0.308 e. The molecule has 0 bridgehead atoms. The van der Waals surface area contributed by atoms with Crippen molar-refractivity contribution in [2.75, 3.05) is 10.6 Å². The highest BCUT2D eigenvalue weighted by molar-refractivity contribution is 7.17. The summed E-state index contributed by atoms with van der Waals surface area (Å²) in [7, 11) is 0. The third-order valence-corrected chi connectivity index (χ3v) is 4.47. The molecule has 0 aliphatic heterocycles. The van der Waals surface area contributed by atoms with Crippen molar-refractivity contribution >= 4 is 49.5 Å². The lowest BCUT2D eigenvalue weighted by molar-refractivity contribution is 0.262. The van der Waals surface area contributed by atoms with E-state index in [1.165, 1.54) is 16.0 Å². The van der Waals surface area contributed by atoms with Crippen molar-refractivity contribution in [3.8, 4) is 6.07 Å². The number of hydrogen-bond donors (Lipinski definition) is 2. The summed E-state index contributed by atoms with van der Waals surface area (Å²) in [4.78, 5) is 12.4. The highest BCUT2D eigenvalue weighted by Crippen LogP contribution is 2.25. The first kappa shape index (κ1) is 12.7. The summed E-state index contributed by atoms with van der Waals surface area (Å²) in [5.41, 5.74) is 0.741. The molecule has 98 valence electrons. The molecule has 0 spiro atoms. The molecule has 0 atom stereocenters. The molecule has 6 heteroatoms. The fourth-order valence-electron chi connectivity index (χ4n) is 1.78. The van der Waals surface area contributed by atoms with Crippen LogP contribution in [0.3, 0.4) is 0 Å². The smallest absolute Gasteiger partial charge is 0.308 e. The average Bonchev–Trinajstić information content (AvgIpc) is 3.06. The van der Waals surface area contributed by atoms with Crippen molar-refractivity contribution in [2.45, 2.75) is 0 Å². The summed E-state index contributed by atoms with van der Waals surface area (Å²) >= 11 is 2.91. The molecule has 0 saturated carbocycles. The first-order chi connectivity index (χ1) is 9.74. The van der Waals surface area contributed by atoms with Gasteiger partial charge in [-0.2, -0.15) is 5.26 Å². The van der Waals surface area contributed by atoms with Crippen LogP contribution in [0.1, 0.15) is 4.88 Å². The molecule has 3 aromatic rings. The molecule has 20 heavy (non-hydrogen) atoms. The van der Waals surface area contributed by atoms with Gasteiger partial charge in [-0.1, -0.05) is 0 Å². The zero-order chi connectivity index (χ0) is 13.9. The summed E-state index contributed by atoms with van der Waals surface area (Å²) in [6.07, 6.45) is 0. The molecule has 2 heterocycles. The van der Waals surface area contributed by atoms with E-state index in [1.807, 2.05) is 35.7 Å². The van der Waals surface area contributed by atoms with Gasteiger partial charge < -0.3 is 5.32 Å². The molecule has 0 aliphatic rings. The average molecular weight is 299 g/mol. The predicted molar refractivity (Wildman–Crippen MR) is 83.5 cm³/mol. The predicted octanol–water partition coefficient (Wildman–Crippen LogP) is 4.48. The Morgan fingerprint density at radius 3 is 2.85 bits per heavy atom. The molecule has 0 unspecified atom stereocenters. The fraction of sp³-hybridized carbons (Fsp3) is 0. The van der Waals surface area contributed by atoms with Crippen LogP contribution < -0.4 is 10.6 Å². The molecule has 4 nitrogen and oxygen atoms in total. The number of nitriles is 1. The molecular formula is C14H9N3OS2. The van der Waals surface area contributed by atoms with Crippen molar-refractivity contribution in [3.05, 3.63) is 46.7 Å². The highest BCUT2D eigenvalue weighted by Gasteiger charge is 2.06. The SMILES string of the molecule is N#Cc1ccc(NC(=O)Nc2ccc3sccc3c2)s1. The minimum absolute atomic E-state index is 0.314. The van der Waals surface area contributed by atoms with Gasteiger partial charge in [0.2, 0.25) is 0 Å². The highest BCUT2D eigenvalue weighted by atomic mass is 32.1. The molecule has 3 rings (SSSR count). The van der Waals surface area contributed by atoms with Crippen molar-refractivity contribution in [1.82, 2.24) is 0 Å². The molecular weight excluding hydrogens is 290 g/mol. The molecule has 2 N–H and O–H groups in total. The zero-order valence-corrected chi connectivity index (χ0v) is 11.8. The van der Waals surface area contributed by atoms with Crippen LogP contribution in [0.15, 0.2) is 41.8 Å². The largest absolute Gasteiger partial charge is 0.324 e. The van der Waals surface area contributed by atoms with Gasteiger partial charge in [-0.25, -0.2) is 4.79 Å². The number of hydrogen-bond acceptors (Lipinski definition) is 4. The second kappa shape index (κ2) is 5.33. The van der Waals surface area contributed by atoms with Crippen LogP contribution in [0, 0.1) is 11.3 Å². The maximum atomic E-state index is 11.9. The number of urea groups is 1. The second-order valence-electron chi connectivity index (χ2n) is 4.03. The van der Waals surface area contributed by atoms with Gasteiger partial charge in [0.1, 0.15) is 10.9 Å². The van der Waals surface area contributed by atoms with Crippen molar-refractivity contribution < 1.29 is 4.79 Å². The molecule has 0 radical (unpaired) electrons. The van der Waals surface area contributed by atoms with E-state index in [-0.39, 0.29) is 6.03 Å². The number of benzene rings is 1. The van der Waals surface area contributed by atoms with E-state index in [0.29, 0.717) is 9.88 Å². The summed E-state index contributed by atoms with van der Waals surface area (Å²) in [5, 5.41) is 18.0. The molecule has 0 saturated heterocycles. The number of rotatable bonds is 2. The molecule has 0 fully saturated rings. The number of fused-ring (bicyclic) bond motifs is 1. The number of anilines is 2. The van der Waals surface area contributed by atoms with E-state index in [0.717, 1.165) is 11.1 Å². The fourth-order valence-corrected chi connectivity index (χ4v) is 3.25. The quantitative estimate of drug-likeness (QED) is 0.732. The number of nitrogens with zero attached hydrogens (tertiary/aromatic N) is 1. The van der Waals surface area contributed by atoms with Gasteiger partial charge in [0.15, 0.2) is 0 Å². The van der Waals surface area contributed by atoms with E-state index in [2.05, 4.69) is 10.6 Å². The van der Waals surface area contributed by atoms with Gasteiger partial charge in [0.25, 0.3) is 0 Å². The lowest BCUT2D eigenvalue weighted by atomic mass is 10.2. The number of carbonyl (C=O) groups is 1. The van der Waals surface area contributed by atoms with Crippen LogP contribution in [-0.2, 0) is 0 Å². The Morgan fingerprint density at radius 2 is 2.05 bits per heavy atom. The number of nitrogens with one attached hydrogen (secondary N) is 2. The van der Waals surface area contributed by atoms with Crippen LogP contribution >= 0.6 is 22.7 Å². The Hall–Kier alpha value is -2.36. The number of thiophene rings is 2. The normalized spacial score (nSPS) is 10.2. The third-order valence-electron chi connectivity index (χ3n) is 2.66. The maximum Gasteiger partial charge on any atom is 0.324 e. The van der Waals surface area contributed by atoms with Crippen LogP contribution in [-0.4, -0.2) is 6.03 Å². The van der Waals surface area contributed by atoms with E-state index in [1.54, 1.807) is 23.5 Å². The van der Waals surface area contributed by atoms with E-state index >= 15 is 0 Å². The first-order valence-corrected chi connectivity index (χ1v) is 7.49. The topological polar surface area (TPSA) is 64.9 Å². The molecule has 2 amide bonds. The van der Waals surface area contributed by atoms with Gasteiger partial charge in [-0.3, -0.25) is 5.32 Å². The second-order valence-corrected chi connectivity index (χ2v) is 6.06. The number of amides is 2. The van der Waals surface area contributed by atoms with Crippen LogP contribution in [0.2, 0.25) is 0 Å². The lowest BCUT2D eigenvalue weighted by Crippen LogP contribution is -2.18. The maximum absolute atomic E-state index is 11.9. The van der Waals surface area contributed by atoms with Crippen LogP contribution in [0.4, 0.5) is 15.5 Å². The van der Waals surface area contributed by atoms with Crippen molar-refractivity contribution in [3.63, 3.8) is 0 Å². The molecule has 1 aromatic carbocycles. The Labute approximate surface area is 123 Å². The van der Waals surface area contributed by atoms with E-state index in [9.17, 15) is 4.79 Å². The van der Waals surface area contributed by atoms with Gasteiger partial charge in [-0.15, -0.1) is 22.7 Å². The Kier molecular flexibility index (Phi) is 3.37. The summed E-state index contributed by atoms with van der Waals surface area (Å²) < 4.78 is 1.19. The molecule has 0 aliphatic carbocycles. The standard InChI is InChI=1S/C14H9N3OS2/c15-8-11-2-4-13(20-11)17-14(18)16-10-1-3-12-9(7-10)5-6-19-12/h1-7H,(H2,16,17,18). The van der Waals surface area contributed by atoms with Gasteiger partial charge in [-0.05, 0) is 47.2 Å². The monoisotopic (exact) mass is 299 g/mol. The first-order valence-electron chi connectivity index (χ1n) is 5.80. The Morgan fingerprint density at radius 1 is 1.15 bits per heavy atom. The van der Waals surface area contributed by atoms with Gasteiger partial charge in [0.05, 0.1) is 5.00 Å².